The van der Waals surface area contributed by atoms with Crippen LogP contribution in [0.5, 0.6) is 0 Å². The number of H-pyrrole nitrogens is 1. The van der Waals surface area contributed by atoms with Crippen LogP contribution < -0.4 is 10.0 Å². The topological polar surface area (TPSA) is 128 Å². The van der Waals surface area contributed by atoms with Crippen LogP contribution in [0, 0.1) is 13.8 Å². The third kappa shape index (κ3) is 3.61. The zero-order valence-corrected chi connectivity index (χ0v) is 13.1. The Hall–Kier alpha value is -1.87. The molecule has 0 aliphatic heterocycles. The molecule has 0 fully saturated rings. The lowest BCUT2D eigenvalue weighted by atomic mass is 10.2. The Morgan fingerprint density at radius 1 is 1.33 bits per heavy atom. The van der Waals surface area contributed by atoms with Crippen LogP contribution in [0.3, 0.4) is 0 Å². The largest absolute Gasteiger partial charge is 0.477 e. The molecule has 1 amide bonds. The molecule has 0 radical (unpaired) electrons. The summed E-state index contributed by atoms with van der Waals surface area (Å²) in [5.74, 6) is -1.70. The summed E-state index contributed by atoms with van der Waals surface area (Å²) in [5, 5.41) is 11.5. The van der Waals surface area contributed by atoms with E-state index in [9.17, 15) is 18.0 Å². The van der Waals surface area contributed by atoms with E-state index in [1.54, 1.807) is 6.92 Å². The second-order valence-corrected chi connectivity index (χ2v) is 6.27. The van der Waals surface area contributed by atoms with Crippen molar-refractivity contribution in [3.63, 3.8) is 0 Å². The molecule has 0 aliphatic rings. The predicted molar refractivity (Wildman–Crippen MR) is 75.7 cm³/mol. The van der Waals surface area contributed by atoms with Crippen molar-refractivity contribution in [3.8, 4) is 0 Å². The summed E-state index contributed by atoms with van der Waals surface area (Å²) in [7, 11) is -4.00. The number of hydrogen-bond acceptors (Lipinski definition) is 4. The number of carbonyl (C=O) groups excluding carboxylic acids is 1. The third-order valence-corrected chi connectivity index (χ3v) is 4.74. The third-order valence-electron chi connectivity index (χ3n) is 2.93. The highest BCUT2D eigenvalue weighted by molar-refractivity contribution is 7.89. The van der Waals surface area contributed by atoms with Gasteiger partial charge in [-0.2, -0.15) is 4.72 Å². The molecule has 1 rings (SSSR count). The molecule has 0 bridgehead atoms. The Morgan fingerprint density at radius 3 is 2.33 bits per heavy atom. The second kappa shape index (κ2) is 6.27. The van der Waals surface area contributed by atoms with Gasteiger partial charge < -0.3 is 15.4 Å². The van der Waals surface area contributed by atoms with Gasteiger partial charge in [0.1, 0.15) is 10.6 Å². The number of nitrogens with one attached hydrogen (secondary N) is 3. The van der Waals surface area contributed by atoms with E-state index >= 15 is 0 Å². The highest BCUT2D eigenvalue weighted by Gasteiger charge is 2.29. The van der Waals surface area contributed by atoms with Crippen molar-refractivity contribution < 1.29 is 23.1 Å². The first-order chi connectivity index (χ1) is 9.61. The Bertz CT molecular complexity index is 663. The van der Waals surface area contributed by atoms with Crippen LogP contribution in [0.4, 0.5) is 0 Å². The summed E-state index contributed by atoms with van der Waals surface area (Å²) in [4.78, 5) is 25.0. The lowest BCUT2D eigenvalue weighted by molar-refractivity contribution is -0.122. The van der Waals surface area contributed by atoms with Gasteiger partial charge in [-0.3, -0.25) is 4.79 Å². The number of likely N-dealkylation sites (N-methyl/N-ethyl adjacent to an activating group) is 1. The monoisotopic (exact) mass is 317 g/mol. The number of aromatic nitrogens is 1. The molecule has 0 saturated heterocycles. The summed E-state index contributed by atoms with van der Waals surface area (Å²) >= 11 is 0. The molecule has 21 heavy (non-hydrogen) atoms. The van der Waals surface area contributed by atoms with Crippen molar-refractivity contribution in [2.24, 2.45) is 0 Å². The Balaban J connectivity index is 3.15. The van der Waals surface area contributed by atoms with E-state index < -0.39 is 27.9 Å². The van der Waals surface area contributed by atoms with Gasteiger partial charge in [0.15, 0.2) is 0 Å². The zero-order valence-electron chi connectivity index (χ0n) is 12.3. The average Bonchev–Trinajstić information content (AvgIpc) is 2.65. The van der Waals surface area contributed by atoms with Gasteiger partial charge in [0, 0.05) is 17.8 Å². The average molecular weight is 317 g/mol. The summed E-state index contributed by atoms with van der Waals surface area (Å²) in [5.41, 5.74) is 0.134. The molecular formula is C12H19N3O5S. The van der Waals surface area contributed by atoms with Gasteiger partial charge in [-0.05, 0) is 27.7 Å². The van der Waals surface area contributed by atoms with E-state index in [0.29, 0.717) is 6.54 Å². The molecule has 0 saturated carbocycles. The van der Waals surface area contributed by atoms with E-state index in [0.717, 1.165) is 0 Å². The second-order valence-electron chi connectivity index (χ2n) is 4.62. The van der Waals surface area contributed by atoms with Gasteiger partial charge in [0.2, 0.25) is 15.9 Å². The molecule has 1 heterocycles. The van der Waals surface area contributed by atoms with Gasteiger partial charge in [-0.25, -0.2) is 13.2 Å². The molecule has 1 atom stereocenters. The maximum absolute atomic E-state index is 12.3. The minimum atomic E-state index is -4.00. The Morgan fingerprint density at radius 2 is 1.90 bits per heavy atom. The maximum Gasteiger partial charge on any atom is 0.352 e. The predicted octanol–water partition coefficient (Wildman–Crippen LogP) is 0.133. The number of carbonyl (C=O) groups is 2. The van der Waals surface area contributed by atoms with E-state index in [4.69, 9.17) is 5.11 Å². The van der Waals surface area contributed by atoms with Crippen molar-refractivity contribution in [1.29, 1.82) is 0 Å². The number of sulfonamides is 1. The number of aromatic amines is 1. The lowest BCUT2D eigenvalue weighted by Gasteiger charge is -2.14. The SMILES string of the molecule is CCNC(=O)C(C)NS(=O)(=O)c1c(C)[nH]c(C(=O)O)c1C. The molecular weight excluding hydrogens is 298 g/mol. The van der Waals surface area contributed by atoms with Crippen molar-refractivity contribution in [3.05, 3.63) is 17.0 Å². The molecule has 0 spiro atoms. The van der Waals surface area contributed by atoms with Gasteiger partial charge in [-0.1, -0.05) is 0 Å². The van der Waals surface area contributed by atoms with Crippen LogP contribution in [0.15, 0.2) is 4.90 Å². The van der Waals surface area contributed by atoms with Gasteiger partial charge >= 0.3 is 5.97 Å². The van der Waals surface area contributed by atoms with Crippen molar-refractivity contribution in [1.82, 2.24) is 15.0 Å². The van der Waals surface area contributed by atoms with Crippen LogP contribution in [-0.4, -0.2) is 43.0 Å². The van der Waals surface area contributed by atoms with Crippen LogP contribution in [0.25, 0.3) is 0 Å². The van der Waals surface area contributed by atoms with Gasteiger partial charge in [0.05, 0.1) is 6.04 Å². The lowest BCUT2D eigenvalue weighted by Crippen LogP contribution is -2.44. The van der Waals surface area contributed by atoms with Crippen molar-refractivity contribution in [2.75, 3.05) is 6.54 Å². The molecule has 0 aliphatic carbocycles. The number of aryl methyl sites for hydroxylation is 1. The van der Waals surface area contributed by atoms with E-state index in [1.165, 1.54) is 20.8 Å². The fourth-order valence-electron chi connectivity index (χ4n) is 2.02. The van der Waals surface area contributed by atoms with Crippen LogP contribution in [-0.2, 0) is 14.8 Å². The fourth-order valence-corrected chi connectivity index (χ4v) is 3.67. The Labute approximate surface area is 123 Å². The first-order valence-corrected chi connectivity index (χ1v) is 7.82. The molecule has 1 aromatic heterocycles. The Kier molecular flexibility index (Phi) is 5.13. The molecule has 118 valence electrons. The minimum Gasteiger partial charge on any atom is -0.477 e. The van der Waals surface area contributed by atoms with Crippen LogP contribution in [0.2, 0.25) is 0 Å². The van der Waals surface area contributed by atoms with Gasteiger partial charge in [-0.15, -0.1) is 0 Å². The highest BCUT2D eigenvalue weighted by Crippen LogP contribution is 2.23. The molecule has 9 heteroatoms. The minimum absolute atomic E-state index is 0.107. The maximum atomic E-state index is 12.3. The number of amides is 1. The summed E-state index contributed by atoms with van der Waals surface area (Å²) in [6.07, 6.45) is 0. The quantitative estimate of drug-likeness (QED) is 0.593. The van der Waals surface area contributed by atoms with Crippen LogP contribution >= 0.6 is 0 Å². The number of hydrogen-bond donors (Lipinski definition) is 4. The van der Waals surface area contributed by atoms with Crippen molar-refractivity contribution in [2.45, 2.75) is 38.6 Å². The van der Waals surface area contributed by atoms with Crippen molar-refractivity contribution >= 4 is 21.9 Å². The summed E-state index contributed by atoms with van der Waals surface area (Å²) in [6, 6.07) is -0.961. The number of aromatic carboxylic acids is 1. The van der Waals surface area contributed by atoms with Crippen LogP contribution in [0.1, 0.15) is 35.6 Å². The van der Waals surface area contributed by atoms with E-state index in [2.05, 4.69) is 15.0 Å². The molecule has 0 aromatic carbocycles. The molecule has 1 aromatic rings. The normalized spacial score (nSPS) is 13.0. The highest BCUT2D eigenvalue weighted by atomic mass is 32.2. The van der Waals surface area contributed by atoms with E-state index in [-0.39, 0.29) is 21.8 Å². The standard InChI is InChI=1S/C12H19N3O5S/c1-5-13-11(16)8(4)15-21(19,20)10-6(2)9(12(17)18)14-7(10)3/h8,14-15H,5H2,1-4H3,(H,13,16)(H,17,18). The molecule has 1 unspecified atom stereocenters. The molecule has 4 N–H and O–H groups in total. The summed E-state index contributed by atoms with van der Waals surface area (Å²) < 4.78 is 26.9. The van der Waals surface area contributed by atoms with E-state index in [1.807, 2.05) is 0 Å². The first-order valence-electron chi connectivity index (χ1n) is 6.34. The fraction of sp³-hybridized carbons (Fsp3) is 0.500. The zero-order chi connectivity index (χ0) is 16.4. The summed E-state index contributed by atoms with van der Waals surface area (Å²) in [6.45, 7) is 6.38. The van der Waals surface area contributed by atoms with Gasteiger partial charge in [0.25, 0.3) is 0 Å². The number of carboxylic acids is 1. The molecule has 8 nitrogen and oxygen atoms in total. The number of rotatable bonds is 6. The first kappa shape index (κ1) is 17.2. The smallest absolute Gasteiger partial charge is 0.352 e. The number of carboxylic acid groups (broad SMARTS) is 1.